The molecule has 3 heteroatoms. The lowest BCUT2D eigenvalue weighted by Crippen LogP contribution is -2.92. The first-order valence-electron chi connectivity index (χ1n) is 8.72. The Balaban J connectivity index is 1.66. The number of nitrogens with zero attached hydrogens (tertiary/aromatic N) is 1. The molecule has 0 saturated heterocycles. The summed E-state index contributed by atoms with van der Waals surface area (Å²) in [5.41, 5.74) is 3.85. The van der Waals surface area contributed by atoms with Gasteiger partial charge in [-0.2, -0.15) is 0 Å². The van der Waals surface area contributed by atoms with Gasteiger partial charge in [0.1, 0.15) is 12.6 Å². The number of aromatic nitrogens is 1. The standard InChI is InChI=1S/C19H28N2O/c1-14-15(2)21(19-11-7-6-10-18(14)19)13-17(22)12-20-16-8-4-3-5-9-16/h6-7,10-11,16-17,20,22H,3-5,8-9,12-13H2,1-2H3/p+1/t17-/m1/s1. The number of rotatable bonds is 5. The molecule has 22 heavy (non-hydrogen) atoms. The Bertz CT molecular complexity index is 626. The summed E-state index contributed by atoms with van der Waals surface area (Å²) in [6.07, 6.45) is 6.46. The van der Waals surface area contributed by atoms with Crippen molar-refractivity contribution in [2.75, 3.05) is 6.54 Å². The van der Waals surface area contributed by atoms with Crippen LogP contribution in [0, 0.1) is 13.8 Å². The van der Waals surface area contributed by atoms with Gasteiger partial charge in [-0.3, -0.25) is 0 Å². The average Bonchev–Trinajstić information content (AvgIpc) is 2.79. The molecule has 0 radical (unpaired) electrons. The lowest BCUT2D eigenvalue weighted by atomic mass is 9.95. The molecule has 0 spiro atoms. The molecule has 1 atom stereocenters. The second-order valence-electron chi connectivity index (χ2n) is 6.86. The molecule has 1 saturated carbocycles. The van der Waals surface area contributed by atoms with Crippen molar-refractivity contribution >= 4 is 10.9 Å². The van der Waals surface area contributed by atoms with E-state index in [-0.39, 0.29) is 6.10 Å². The van der Waals surface area contributed by atoms with E-state index in [0.717, 1.165) is 12.6 Å². The molecule has 2 aromatic rings. The first kappa shape index (κ1) is 15.6. The largest absolute Gasteiger partial charge is 0.385 e. The summed E-state index contributed by atoms with van der Waals surface area (Å²) in [6, 6.07) is 9.24. The number of fused-ring (bicyclic) bond motifs is 1. The van der Waals surface area contributed by atoms with Gasteiger partial charge in [-0.15, -0.1) is 0 Å². The third-order valence-electron chi connectivity index (χ3n) is 5.33. The Labute approximate surface area is 133 Å². The van der Waals surface area contributed by atoms with Gasteiger partial charge in [0, 0.05) is 16.6 Å². The monoisotopic (exact) mass is 301 g/mol. The molecule has 1 aliphatic rings. The molecular weight excluding hydrogens is 272 g/mol. The molecule has 0 bridgehead atoms. The van der Waals surface area contributed by atoms with Crippen molar-refractivity contribution < 1.29 is 10.4 Å². The fourth-order valence-electron chi connectivity index (χ4n) is 3.84. The smallest absolute Gasteiger partial charge is 0.121 e. The predicted octanol–water partition coefficient (Wildman–Crippen LogP) is 2.52. The van der Waals surface area contributed by atoms with Gasteiger partial charge in [0.2, 0.25) is 0 Å². The Morgan fingerprint density at radius 2 is 1.91 bits per heavy atom. The molecule has 1 aromatic carbocycles. The summed E-state index contributed by atoms with van der Waals surface area (Å²) in [5, 5.41) is 14.2. The van der Waals surface area contributed by atoms with Crippen molar-refractivity contribution in [1.29, 1.82) is 0 Å². The molecule has 3 N–H and O–H groups in total. The summed E-state index contributed by atoms with van der Waals surface area (Å²) in [5.74, 6) is 0. The predicted molar refractivity (Wildman–Crippen MR) is 91.1 cm³/mol. The fraction of sp³-hybridized carbons (Fsp3) is 0.579. The van der Waals surface area contributed by atoms with Crippen LogP contribution < -0.4 is 5.32 Å². The Kier molecular flexibility index (Phi) is 4.84. The number of benzene rings is 1. The zero-order chi connectivity index (χ0) is 15.5. The lowest BCUT2D eigenvalue weighted by Gasteiger charge is -2.22. The van der Waals surface area contributed by atoms with E-state index in [1.54, 1.807) is 0 Å². The van der Waals surface area contributed by atoms with Gasteiger partial charge >= 0.3 is 0 Å². The number of hydrogen-bond donors (Lipinski definition) is 2. The van der Waals surface area contributed by atoms with E-state index in [1.807, 2.05) is 0 Å². The quantitative estimate of drug-likeness (QED) is 0.875. The van der Waals surface area contributed by atoms with Crippen molar-refractivity contribution in [2.24, 2.45) is 0 Å². The molecule has 1 fully saturated rings. The van der Waals surface area contributed by atoms with E-state index in [9.17, 15) is 5.11 Å². The van der Waals surface area contributed by atoms with Crippen LogP contribution >= 0.6 is 0 Å². The summed E-state index contributed by atoms with van der Waals surface area (Å²) in [4.78, 5) is 0. The molecule has 1 heterocycles. The maximum atomic E-state index is 10.5. The van der Waals surface area contributed by atoms with Crippen LogP contribution in [0.5, 0.6) is 0 Å². The molecule has 0 amide bonds. The third kappa shape index (κ3) is 3.21. The number of aliphatic hydroxyl groups excluding tert-OH is 1. The summed E-state index contributed by atoms with van der Waals surface area (Å²) in [6.45, 7) is 5.85. The van der Waals surface area contributed by atoms with Crippen LogP contribution in [0.25, 0.3) is 10.9 Å². The molecule has 1 aliphatic carbocycles. The highest BCUT2D eigenvalue weighted by Crippen LogP contribution is 2.25. The number of hydrogen-bond acceptors (Lipinski definition) is 1. The van der Waals surface area contributed by atoms with Crippen molar-refractivity contribution in [3.05, 3.63) is 35.5 Å². The van der Waals surface area contributed by atoms with Gasteiger partial charge in [0.05, 0.1) is 12.6 Å². The molecule has 120 valence electrons. The second kappa shape index (κ2) is 6.84. The van der Waals surface area contributed by atoms with E-state index >= 15 is 0 Å². The van der Waals surface area contributed by atoms with Gasteiger partial charge < -0.3 is 15.0 Å². The van der Waals surface area contributed by atoms with Crippen molar-refractivity contribution in [2.45, 2.75) is 64.6 Å². The van der Waals surface area contributed by atoms with Crippen molar-refractivity contribution in [3.8, 4) is 0 Å². The molecule has 3 nitrogen and oxygen atoms in total. The first-order valence-corrected chi connectivity index (χ1v) is 8.72. The van der Waals surface area contributed by atoms with Crippen LogP contribution in [0.3, 0.4) is 0 Å². The highest BCUT2D eigenvalue weighted by molar-refractivity contribution is 5.85. The third-order valence-corrected chi connectivity index (χ3v) is 5.33. The normalized spacial score (nSPS) is 18.0. The minimum atomic E-state index is -0.282. The number of aryl methyl sites for hydroxylation is 1. The van der Waals surface area contributed by atoms with E-state index < -0.39 is 0 Å². The zero-order valence-corrected chi connectivity index (χ0v) is 13.9. The molecule has 3 rings (SSSR count). The Hall–Kier alpha value is -1.32. The SMILES string of the molecule is Cc1c(C)n(C[C@H](O)C[NH2+]C2CCCCC2)c2ccccc12. The van der Waals surface area contributed by atoms with Gasteiger partial charge in [-0.25, -0.2) is 0 Å². The number of quaternary nitrogens is 1. The highest BCUT2D eigenvalue weighted by Gasteiger charge is 2.19. The van der Waals surface area contributed by atoms with Crippen LogP contribution in [0.4, 0.5) is 0 Å². The summed E-state index contributed by atoms with van der Waals surface area (Å²) >= 11 is 0. The first-order chi connectivity index (χ1) is 10.7. The summed E-state index contributed by atoms with van der Waals surface area (Å²) in [7, 11) is 0. The second-order valence-corrected chi connectivity index (χ2v) is 6.86. The average molecular weight is 301 g/mol. The van der Waals surface area contributed by atoms with Crippen molar-refractivity contribution in [1.82, 2.24) is 4.57 Å². The molecular formula is C19H29N2O+. The Morgan fingerprint density at radius 1 is 1.18 bits per heavy atom. The van der Waals surface area contributed by atoms with Crippen LogP contribution in [-0.4, -0.2) is 28.4 Å². The summed E-state index contributed by atoms with van der Waals surface area (Å²) < 4.78 is 2.28. The minimum Gasteiger partial charge on any atom is -0.385 e. The molecule has 1 aromatic heterocycles. The maximum absolute atomic E-state index is 10.5. The number of nitrogens with two attached hydrogens (primary N) is 1. The topological polar surface area (TPSA) is 41.8 Å². The van der Waals surface area contributed by atoms with Gasteiger partial charge in [0.15, 0.2) is 0 Å². The maximum Gasteiger partial charge on any atom is 0.121 e. The van der Waals surface area contributed by atoms with Crippen LogP contribution in [0.1, 0.15) is 43.4 Å². The molecule has 0 unspecified atom stereocenters. The van der Waals surface area contributed by atoms with E-state index in [2.05, 4.69) is 48.0 Å². The van der Waals surface area contributed by atoms with Crippen LogP contribution in [0.2, 0.25) is 0 Å². The lowest BCUT2D eigenvalue weighted by molar-refractivity contribution is -0.697. The Morgan fingerprint density at radius 3 is 2.68 bits per heavy atom. The van der Waals surface area contributed by atoms with Gasteiger partial charge in [-0.05, 0) is 51.2 Å². The zero-order valence-electron chi connectivity index (χ0n) is 13.9. The van der Waals surface area contributed by atoms with E-state index in [4.69, 9.17) is 0 Å². The number of aliphatic hydroxyl groups is 1. The van der Waals surface area contributed by atoms with Gasteiger partial charge in [-0.1, -0.05) is 24.6 Å². The van der Waals surface area contributed by atoms with Gasteiger partial charge in [0.25, 0.3) is 0 Å². The highest BCUT2D eigenvalue weighted by atomic mass is 16.3. The van der Waals surface area contributed by atoms with Crippen LogP contribution in [0.15, 0.2) is 24.3 Å². The van der Waals surface area contributed by atoms with Crippen LogP contribution in [-0.2, 0) is 6.54 Å². The minimum absolute atomic E-state index is 0.282. The van der Waals surface area contributed by atoms with E-state index in [1.165, 1.54) is 54.3 Å². The van der Waals surface area contributed by atoms with Crippen molar-refractivity contribution in [3.63, 3.8) is 0 Å². The van der Waals surface area contributed by atoms with E-state index in [0.29, 0.717) is 6.54 Å². The molecule has 0 aliphatic heterocycles. The fourth-order valence-corrected chi connectivity index (χ4v) is 3.84. The number of para-hydroxylation sites is 1.